The van der Waals surface area contributed by atoms with Crippen molar-refractivity contribution in [2.75, 3.05) is 6.61 Å². The molecular formula is C27H39F7O2. The Morgan fingerprint density at radius 2 is 1.06 bits per heavy atom. The summed E-state index contributed by atoms with van der Waals surface area (Å²) < 4.78 is 111. The fraction of sp³-hybridized carbons (Fsp3) is 1.00. The molecule has 0 spiro atoms. The molecule has 6 atom stereocenters. The van der Waals surface area contributed by atoms with Gasteiger partial charge in [-0.1, -0.05) is 0 Å². The first-order valence-electron chi connectivity index (χ1n) is 14.0. The maximum atomic E-state index is 15.0. The third-order valence-corrected chi connectivity index (χ3v) is 9.86. The molecule has 0 aromatic heterocycles. The van der Waals surface area contributed by atoms with E-state index >= 15 is 8.78 Å². The van der Waals surface area contributed by atoms with E-state index in [9.17, 15) is 22.0 Å². The zero-order valence-corrected chi connectivity index (χ0v) is 20.7. The highest BCUT2D eigenvalue weighted by molar-refractivity contribution is 4.96. The Kier molecular flexibility index (Phi) is 8.17. The van der Waals surface area contributed by atoms with Crippen molar-refractivity contribution in [3.8, 4) is 0 Å². The molecular weight excluding hydrogens is 489 g/mol. The van der Waals surface area contributed by atoms with Crippen molar-refractivity contribution in [3.63, 3.8) is 0 Å². The molecule has 5 fully saturated rings. The Morgan fingerprint density at radius 1 is 0.556 bits per heavy atom. The van der Waals surface area contributed by atoms with Gasteiger partial charge < -0.3 is 9.47 Å². The molecule has 5 aliphatic rings. The van der Waals surface area contributed by atoms with Crippen molar-refractivity contribution >= 4 is 0 Å². The Morgan fingerprint density at radius 3 is 1.58 bits per heavy atom. The van der Waals surface area contributed by atoms with E-state index in [1.807, 2.05) is 0 Å². The smallest absolute Gasteiger partial charge is 0.364 e. The molecule has 0 bridgehead atoms. The first-order chi connectivity index (χ1) is 17.1. The van der Waals surface area contributed by atoms with Crippen LogP contribution in [0.5, 0.6) is 0 Å². The van der Waals surface area contributed by atoms with E-state index < -0.39 is 61.8 Å². The summed E-state index contributed by atoms with van der Waals surface area (Å²) in [4.78, 5) is 0. The molecule has 1 heterocycles. The van der Waals surface area contributed by atoms with E-state index in [1.54, 1.807) is 0 Å². The lowest BCUT2D eigenvalue weighted by Gasteiger charge is -2.44. The molecule has 4 saturated carbocycles. The number of rotatable bonds is 6. The van der Waals surface area contributed by atoms with Gasteiger partial charge in [0.1, 0.15) is 30.6 Å². The minimum absolute atomic E-state index is 0.0930. The zero-order chi connectivity index (χ0) is 25.6. The van der Waals surface area contributed by atoms with Crippen molar-refractivity contribution in [3.05, 3.63) is 0 Å². The molecule has 0 N–H and O–H groups in total. The van der Waals surface area contributed by atoms with Gasteiger partial charge in [0.2, 0.25) is 0 Å². The average Bonchev–Trinajstić information content (AvgIpc) is 3.67. The Hall–Kier alpha value is -0.570. The highest BCUT2D eigenvalue weighted by Gasteiger charge is 2.57. The lowest BCUT2D eigenvalue weighted by atomic mass is 9.67. The molecule has 0 amide bonds. The van der Waals surface area contributed by atoms with E-state index in [1.165, 1.54) is 19.3 Å². The van der Waals surface area contributed by atoms with Crippen molar-refractivity contribution in [1.29, 1.82) is 0 Å². The van der Waals surface area contributed by atoms with E-state index in [-0.39, 0.29) is 30.8 Å². The van der Waals surface area contributed by atoms with Crippen LogP contribution in [-0.4, -0.2) is 55.8 Å². The molecule has 9 heteroatoms. The molecule has 36 heavy (non-hydrogen) atoms. The van der Waals surface area contributed by atoms with Gasteiger partial charge in [-0.15, -0.1) is 0 Å². The lowest BCUT2D eigenvalue weighted by Crippen LogP contribution is -2.52. The molecule has 6 unspecified atom stereocenters. The molecule has 4 aliphatic carbocycles. The molecule has 1 aliphatic heterocycles. The predicted molar refractivity (Wildman–Crippen MR) is 120 cm³/mol. The quantitative estimate of drug-likeness (QED) is 0.333. The summed E-state index contributed by atoms with van der Waals surface area (Å²) in [7, 11) is 0. The van der Waals surface area contributed by atoms with Gasteiger partial charge in [0.15, 0.2) is 6.17 Å². The van der Waals surface area contributed by atoms with Crippen molar-refractivity contribution < 1.29 is 40.2 Å². The molecule has 208 valence electrons. The fourth-order valence-electron chi connectivity index (χ4n) is 7.57. The van der Waals surface area contributed by atoms with E-state index in [4.69, 9.17) is 4.74 Å². The van der Waals surface area contributed by atoms with Gasteiger partial charge in [-0.3, -0.25) is 0 Å². The first-order valence-corrected chi connectivity index (χ1v) is 14.0. The number of halogens is 7. The molecule has 0 radical (unpaired) electrons. The number of alkyl halides is 7. The monoisotopic (exact) mass is 528 g/mol. The maximum absolute atomic E-state index is 15.0. The van der Waals surface area contributed by atoms with Gasteiger partial charge in [-0.2, -0.15) is 8.78 Å². The first kappa shape index (κ1) is 27.0. The van der Waals surface area contributed by atoms with Crippen LogP contribution in [0.2, 0.25) is 0 Å². The SMILES string of the molecule is FC1CC(OC(F)(F)C2C(F)CC(C3CCC(C4CCC(C5CC5)CO4)CC3)CC2F)CC(F)C1F. The van der Waals surface area contributed by atoms with Gasteiger partial charge in [0.05, 0.1) is 18.8 Å². The third-order valence-electron chi connectivity index (χ3n) is 9.86. The standard InChI is InChI=1S/C27H39F7O2/c28-20-9-18(15-3-5-16(6-4-15)24-8-7-17(13-35-24)14-1-2-14)10-21(29)25(20)27(33,34)36-19-11-22(30)26(32)23(31)12-19/h14-26H,1-13H2. The summed E-state index contributed by atoms with van der Waals surface area (Å²) in [5.41, 5.74) is 0. The van der Waals surface area contributed by atoms with Crippen LogP contribution in [0.15, 0.2) is 0 Å². The minimum Gasteiger partial charge on any atom is -0.378 e. The topological polar surface area (TPSA) is 18.5 Å². The summed E-state index contributed by atoms with van der Waals surface area (Å²) in [6.07, 6.45) is -10.2. The van der Waals surface area contributed by atoms with Crippen molar-refractivity contribution in [1.82, 2.24) is 0 Å². The Labute approximate surface area is 209 Å². The Balaban J connectivity index is 1.10. The van der Waals surface area contributed by atoms with Gasteiger partial charge in [-0.05, 0) is 93.8 Å². The van der Waals surface area contributed by atoms with Crippen molar-refractivity contribution in [2.24, 2.45) is 35.5 Å². The molecule has 0 aromatic carbocycles. The van der Waals surface area contributed by atoms with Crippen LogP contribution in [0, 0.1) is 35.5 Å². The summed E-state index contributed by atoms with van der Waals surface area (Å²) >= 11 is 0. The lowest BCUT2D eigenvalue weighted by molar-refractivity contribution is -0.323. The van der Waals surface area contributed by atoms with Crippen LogP contribution in [0.4, 0.5) is 30.7 Å². The van der Waals surface area contributed by atoms with E-state index in [0.29, 0.717) is 11.8 Å². The van der Waals surface area contributed by atoms with Crippen LogP contribution in [0.25, 0.3) is 0 Å². The average molecular weight is 529 g/mol. The summed E-state index contributed by atoms with van der Waals surface area (Å²) in [6, 6.07) is 0. The van der Waals surface area contributed by atoms with E-state index in [0.717, 1.165) is 44.6 Å². The van der Waals surface area contributed by atoms with Gasteiger partial charge in [0.25, 0.3) is 0 Å². The number of ether oxygens (including phenoxy) is 2. The number of hydrogen-bond acceptors (Lipinski definition) is 2. The summed E-state index contributed by atoms with van der Waals surface area (Å²) in [5.74, 6) is -0.538. The normalized spacial score (nSPS) is 49.1. The maximum Gasteiger partial charge on any atom is 0.364 e. The largest absolute Gasteiger partial charge is 0.378 e. The molecule has 0 aromatic rings. The van der Waals surface area contributed by atoms with Crippen LogP contribution in [0.3, 0.4) is 0 Å². The summed E-state index contributed by atoms with van der Waals surface area (Å²) in [5, 5.41) is 0. The zero-order valence-electron chi connectivity index (χ0n) is 20.7. The second-order valence-corrected chi connectivity index (χ2v) is 12.3. The minimum atomic E-state index is -4.22. The van der Waals surface area contributed by atoms with Crippen LogP contribution >= 0.6 is 0 Å². The van der Waals surface area contributed by atoms with Crippen LogP contribution in [-0.2, 0) is 9.47 Å². The molecule has 2 nitrogen and oxygen atoms in total. The second kappa shape index (κ2) is 10.9. The summed E-state index contributed by atoms with van der Waals surface area (Å²) in [6.45, 7) is 0.843. The molecule has 1 saturated heterocycles. The number of hydrogen-bond donors (Lipinski definition) is 0. The van der Waals surface area contributed by atoms with Crippen molar-refractivity contribution in [2.45, 2.75) is 126 Å². The fourth-order valence-corrected chi connectivity index (χ4v) is 7.57. The second-order valence-electron chi connectivity index (χ2n) is 12.3. The highest BCUT2D eigenvalue weighted by atomic mass is 19.3. The van der Waals surface area contributed by atoms with E-state index in [2.05, 4.69) is 4.74 Å². The Bertz CT molecular complexity index is 697. The molecule has 5 rings (SSSR count). The van der Waals surface area contributed by atoms with Gasteiger partial charge >= 0.3 is 6.11 Å². The highest BCUT2D eigenvalue weighted by Crippen LogP contribution is 2.50. The van der Waals surface area contributed by atoms with Crippen LogP contribution < -0.4 is 0 Å². The predicted octanol–water partition coefficient (Wildman–Crippen LogP) is 7.49. The van der Waals surface area contributed by atoms with Gasteiger partial charge in [0, 0.05) is 12.8 Å². The third kappa shape index (κ3) is 5.86. The van der Waals surface area contributed by atoms with Crippen LogP contribution in [0.1, 0.15) is 77.0 Å². The van der Waals surface area contributed by atoms with Gasteiger partial charge in [-0.25, -0.2) is 22.0 Å².